The Bertz CT molecular complexity index is 881. The summed E-state index contributed by atoms with van der Waals surface area (Å²) in [5.41, 5.74) is 1.96. The standard InChI is InChI=1S/C15H14N4O4/c1-23-15(22)9-18-5-4-10-2-3-12(7-13(10)18)19-8-11(16-17-19)6-14(20)21/h2-5,7-8H,6,9H2,1H3,(H,20,21). The molecule has 0 aliphatic rings. The number of carbonyl (C=O) groups excluding carboxylic acids is 1. The van der Waals surface area contributed by atoms with Crippen LogP contribution >= 0.6 is 0 Å². The van der Waals surface area contributed by atoms with Crippen LogP contribution < -0.4 is 0 Å². The molecule has 8 heteroatoms. The van der Waals surface area contributed by atoms with Crippen molar-refractivity contribution in [2.75, 3.05) is 7.11 Å². The van der Waals surface area contributed by atoms with Crippen LogP contribution in [0.25, 0.3) is 16.6 Å². The van der Waals surface area contributed by atoms with Gasteiger partial charge >= 0.3 is 11.9 Å². The fourth-order valence-corrected chi connectivity index (χ4v) is 2.32. The first-order valence-electron chi connectivity index (χ1n) is 6.86. The number of hydrogen-bond donors (Lipinski definition) is 1. The highest BCUT2D eigenvalue weighted by molar-refractivity contribution is 5.83. The summed E-state index contributed by atoms with van der Waals surface area (Å²) in [6.45, 7) is 0.116. The Morgan fingerprint density at radius 1 is 1.30 bits per heavy atom. The van der Waals surface area contributed by atoms with Crippen molar-refractivity contribution in [3.05, 3.63) is 42.4 Å². The van der Waals surface area contributed by atoms with Gasteiger partial charge in [0, 0.05) is 6.20 Å². The smallest absolute Gasteiger partial charge is 0.325 e. The molecule has 118 valence electrons. The summed E-state index contributed by atoms with van der Waals surface area (Å²) in [6.07, 6.45) is 3.20. The summed E-state index contributed by atoms with van der Waals surface area (Å²) in [5, 5.41) is 17.5. The number of aliphatic carboxylic acids is 1. The quantitative estimate of drug-likeness (QED) is 0.706. The molecule has 8 nitrogen and oxygen atoms in total. The highest BCUT2D eigenvalue weighted by Gasteiger charge is 2.10. The minimum absolute atomic E-state index is 0.116. The number of carboxylic acids is 1. The zero-order valence-electron chi connectivity index (χ0n) is 12.3. The van der Waals surface area contributed by atoms with Gasteiger partial charge in [0.15, 0.2) is 0 Å². The molecule has 0 saturated heterocycles. The van der Waals surface area contributed by atoms with Gasteiger partial charge in [-0.1, -0.05) is 11.3 Å². The number of nitrogens with zero attached hydrogens (tertiary/aromatic N) is 4. The van der Waals surface area contributed by atoms with Crippen molar-refractivity contribution in [2.24, 2.45) is 0 Å². The van der Waals surface area contributed by atoms with E-state index in [1.807, 2.05) is 30.5 Å². The molecule has 1 aromatic carbocycles. The first-order valence-corrected chi connectivity index (χ1v) is 6.86. The van der Waals surface area contributed by atoms with Crippen LogP contribution in [0.15, 0.2) is 36.7 Å². The Morgan fingerprint density at radius 3 is 2.87 bits per heavy atom. The van der Waals surface area contributed by atoms with E-state index in [2.05, 4.69) is 15.0 Å². The van der Waals surface area contributed by atoms with Gasteiger partial charge in [0.25, 0.3) is 0 Å². The van der Waals surface area contributed by atoms with Gasteiger partial charge in [-0.25, -0.2) is 4.68 Å². The van der Waals surface area contributed by atoms with E-state index in [1.54, 1.807) is 10.8 Å². The molecular formula is C15H14N4O4. The van der Waals surface area contributed by atoms with Crippen molar-refractivity contribution in [3.8, 4) is 5.69 Å². The number of benzene rings is 1. The predicted molar refractivity (Wildman–Crippen MR) is 80.2 cm³/mol. The third kappa shape index (κ3) is 3.05. The van der Waals surface area contributed by atoms with Gasteiger partial charge < -0.3 is 14.4 Å². The number of rotatable bonds is 5. The zero-order chi connectivity index (χ0) is 16.4. The van der Waals surface area contributed by atoms with E-state index in [0.717, 1.165) is 16.6 Å². The number of aromatic nitrogens is 4. The molecule has 0 fully saturated rings. The van der Waals surface area contributed by atoms with Gasteiger partial charge in [0.2, 0.25) is 0 Å². The molecule has 0 radical (unpaired) electrons. The largest absolute Gasteiger partial charge is 0.481 e. The molecule has 0 saturated carbocycles. The van der Waals surface area contributed by atoms with E-state index in [4.69, 9.17) is 5.11 Å². The monoisotopic (exact) mass is 314 g/mol. The molecule has 3 rings (SSSR count). The topological polar surface area (TPSA) is 99.2 Å². The van der Waals surface area contributed by atoms with Crippen LogP contribution in [0.5, 0.6) is 0 Å². The number of carbonyl (C=O) groups is 2. The second-order valence-electron chi connectivity index (χ2n) is 4.99. The number of hydrogen-bond acceptors (Lipinski definition) is 5. The highest BCUT2D eigenvalue weighted by atomic mass is 16.5. The van der Waals surface area contributed by atoms with Gasteiger partial charge in [-0.3, -0.25) is 9.59 Å². The summed E-state index contributed by atoms with van der Waals surface area (Å²) >= 11 is 0. The molecular weight excluding hydrogens is 300 g/mol. The van der Waals surface area contributed by atoms with Crippen molar-refractivity contribution in [2.45, 2.75) is 13.0 Å². The molecule has 0 aliphatic heterocycles. The minimum atomic E-state index is -0.959. The molecule has 23 heavy (non-hydrogen) atoms. The van der Waals surface area contributed by atoms with E-state index in [-0.39, 0.29) is 18.9 Å². The number of methoxy groups -OCH3 is 1. The second kappa shape index (κ2) is 5.91. The van der Waals surface area contributed by atoms with Gasteiger partial charge in [-0.15, -0.1) is 5.10 Å². The second-order valence-corrected chi connectivity index (χ2v) is 4.99. The summed E-state index contributed by atoms with van der Waals surface area (Å²) in [7, 11) is 1.35. The fourth-order valence-electron chi connectivity index (χ4n) is 2.32. The first kappa shape index (κ1) is 14.8. The molecule has 0 amide bonds. The van der Waals surface area contributed by atoms with Crippen LogP contribution in [-0.2, 0) is 27.3 Å². The fraction of sp³-hybridized carbons (Fsp3) is 0.200. The minimum Gasteiger partial charge on any atom is -0.481 e. The highest BCUT2D eigenvalue weighted by Crippen LogP contribution is 2.20. The zero-order valence-corrected chi connectivity index (χ0v) is 12.3. The molecule has 0 bridgehead atoms. The maximum atomic E-state index is 11.5. The number of fused-ring (bicyclic) bond motifs is 1. The molecule has 0 atom stereocenters. The van der Waals surface area contributed by atoms with E-state index >= 15 is 0 Å². The maximum absolute atomic E-state index is 11.5. The lowest BCUT2D eigenvalue weighted by Crippen LogP contribution is -2.10. The number of ether oxygens (including phenoxy) is 1. The lowest BCUT2D eigenvalue weighted by atomic mass is 10.2. The van der Waals surface area contributed by atoms with Crippen molar-refractivity contribution in [1.82, 2.24) is 19.6 Å². The van der Waals surface area contributed by atoms with Crippen molar-refractivity contribution >= 4 is 22.8 Å². The van der Waals surface area contributed by atoms with Gasteiger partial charge in [-0.2, -0.15) is 0 Å². The average Bonchev–Trinajstić information content (AvgIpc) is 3.13. The van der Waals surface area contributed by atoms with Crippen LogP contribution in [0.4, 0.5) is 0 Å². The molecule has 3 aromatic rings. The Hall–Kier alpha value is -3.16. The maximum Gasteiger partial charge on any atom is 0.325 e. The third-order valence-electron chi connectivity index (χ3n) is 3.42. The van der Waals surface area contributed by atoms with Gasteiger partial charge in [0.05, 0.1) is 36.6 Å². The lowest BCUT2D eigenvalue weighted by molar-refractivity contribution is -0.141. The van der Waals surface area contributed by atoms with E-state index in [1.165, 1.54) is 11.8 Å². The number of esters is 1. The van der Waals surface area contributed by atoms with Crippen molar-refractivity contribution in [1.29, 1.82) is 0 Å². The van der Waals surface area contributed by atoms with E-state index in [9.17, 15) is 9.59 Å². The molecule has 2 heterocycles. The molecule has 0 unspecified atom stereocenters. The summed E-state index contributed by atoms with van der Waals surface area (Å²) in [5.74, 6) is -1.29. The van der Waals surface area contributed by atoms with Gasteiger partial charge in [-0.05, 0) is 23.6 Å². The van der Waals surface area contributed by atoms with Crippen LogP contribution in [0.2, 0.25) is 0 Å². The van der Waals surface area contributed by atoms with Gasteiger partial charge in [0.1, 0.15) is 6.54 Å². The van der Waals surface area contributed by atoms with Crippen LogP contribution in [0.1, 0.15) is 5.69 Å². The summed E-state index contributed by atoms with van der Waals surface area (Å²) in [6, 6.07) is 7.51. The Kier molecular flexibility index (Phi) is 3.80. The van der Waals surface area contributed by atoms with Crippen molar-refractivity contribution < 1.29 is 19.4 Å². The SMILES string of the molecule is COC(=O)Cn1ccc2ccc(-n3cc(CC(=O)O)nn3)cc21. The van der Waals surface area contributed by atoms with Crippen LogP contribution in [-0.4, -0.2) is 43.7 Å². The average molecular weight is 314 g/mol. The molecule has 0 aliphatic carbocycles. The summed E-state index contributed by atoms with van der Waals surface area (Å²) < 4.78 is 7.97. The third-order valence-corrected chi connectivity index (χ3v) is 3.42. The number of carboxylic acid groups (broad SMARTS) is 1. The van der Waals surface area contributed by atoms with E-state index < -0.39 is 5.97 Å². The lowest BCUT2D eigenvalue weighted by Gasteiger charge is -2.05. The Balaban J connectivity index is 1.95. The normalized spacial score (nSPS) is 10.8. The molecule has 2 aromatic heterocycles. The van der Waals surface area contributed by atoms with Crippen LogP contribution in [0, 0.1) is 0 Å². The molecule has 1 N–H and O–H groups in total. The van der Waals surface area contributed by atoms with Crippen LogP contribution in [0.3, 0.4) is 0 Å². The van der Waals surface area contributed by atoms with Crippen molar-refractivity contribution in [3.63, 3.8) is 0 Å². The Morgan fingerprint density at radius 2 is 2.13 bits per heavy atom. The Labute approximate surface area is 130 Å². The first-order chi connectivity index (χ1) is 11.1. The molecule has 0 spiro atoms. The summed E-state index contributed by atoms with van der Waals surface area (Å²) in [4.78, 5) is 22.2. The predicted octanol–water partition coefficient (Wildman–Crippen LogP) is 1.02. The van der Waals surface area contributed by atoms with E-state index in [0.29, 0.717) is 5.69 Å².